The van der Waals surface area contributed by atoms with E-state index in [9.17, 15) is 9.18 Å². The Bertz CT molecular complexity index is 106. The zero-order valence-electron chi connectivity index (χ0n) is 6.07. The molecule has 0 N–H and O–H groups in total. The molecule has 10 heavy (non-hydrogen) atoms. The van der Waals surface area contributed by atoms with E-state index in [0.29, 0.717) is 18.7 Å². The molecule has 0 aromatic rings. The van der Waals surface area contributed by atoms with Crippen LogP contribution in [0.15, 0.2) is 0 Å². The van der Waals surface area contributed by atoms with Gasteiger partial charge in [0.25, 0.3) is 0 Å². The highest BCUT2D eigenvalue weighted by Crippen LogP contribution is 2.05. The zero-order valence-corrected chi connectivity index (χ0v) is 6.83. The van der Waals surface area contributed by atoms with E-state index >= 15 is 0 Å². The first kappa shape index (κ1) is 9.89. The maximum Gasteiger partial charge on any atom is 0.136 e. The van der Waals surface area contributed by atoms with Crippen LogP contribution in [0, 0.1) is 0 Å². The van der Waals surface area contributed by atoms with Crippen LogP contribution in [-0.4, -0.2) is 17.8 Å². The molecule has 0 amide bonds. The first-order valence-electron chi connectivity index (χ1n) is 3.42. The highest BCUT2D eigenvalue weighted by Gasteiger charge is 2.08. The standard InChI is InChI=1S/C7H12ClFO/c1-2-6(9)5-7(10)3-4-8/h6H,2-5H2,1H3. The van der Waals surface area contributed by atoms with Crippen molar-refractivity contribution in [2.24, 2.45) is 0 Å². The first-order valence-corrected chi connectivity index (χ1v) is 3.95. The van der Waals surface area contributed by atoms with E-state index in [1.165, 1.54) is 0 Å². The number of Topliss-reactive ketones (excluding diaryl/α,β-unsaturated/α-hetero) is 1. The average Bonchev–Trinajstić information content (AvgIpc) is 1.88. The van der Waals surface area contributed by atoms with Gasteiger partial charge in [-0.05, 0) is 6.42 Å². The summed E-state index contributed by atoms with van der Waals surface area (Å²) in [4.78, 5) is 10.7. The van der Waals surface area contributed by atoms with Crippen LogP contribution in [0.2, 0.25) is 0 Å². The molecule has 60 valence electrons. The predicted octanol–water partition coefficient (Wildman–Crippen LogP) is 2.32. The van der Waals surface area contributed by atoms with Crippen LogP contribution in [0.5, 0.6) is 0 Å². The quantitative estimate of drug-likeness (QED) is 0.573. The molecule has 0 aliphatic rings. The second-order valence-corrected chi connectivity index (χ2v) is 2.57. The van der Waals surface area contributed by atoms with Crippen LogP contribution in [-0.2, 0) is 4.79 Å². The Kier molecular flexibility index (Phi) is 5.60. The van der Waals surface area contributed by atoms with Crippen molar-refractivity contribution in [3.05, 3.63) is 0 Å². The van der Waals surface area contributed by atoms with Gasteiger partial charge >= 0.3 is 0 Å². The molecule has 1 unspecified atom stereocenters. The number of hydrogen-bond acceptors (Lipinski definition) is 1. The molecule has 0 heterocycles. The summed E-state index contributed by atoms with van der Waals surface area (Å²) in [7, 11) is 0. The molecule has 1 atom stereocenters. The molecule has 0 saturated heterocycles. The van der Waals surface area contributed by atoms with Gasteiger partial charge in [0, 0.05) is 18.7 Å². The van der Waals surface area contributed by atoms with E-state index in [2.05, 4.69) is 0 Å². The lowest BCUT2D eigenvalue weighted by atomic mass is 10.1. The smallest absolute Gasteiger partial charge is 0.136 e. The summed E-state index contributed by atoms with van der Waals surface area (Å²) >= 11 is 5.28. The fourth-order valence-electron chi connectivity index (χ4n) is 0.599. The molecule has 0 aliphatic heterocycles. The Morgan fingerprint density at radius 2 is 2.30 bits per heavy atom. The number of carbonyl (C=O) groups is 1. The van der Waals surface area contributed by atoms with Crippen LogP contribution in [0.4, 0.5) is 4.39 Å². The summed E-state index contributed by atoms with van der Waals surface area (Å²) in [5.74, 6) is 0.222. The van der Waals surface area contributed by atoms with Crippen molar-refractivity contribution in [3.8, 4) is 0 Å². The summed E-state index contributed by atoms with van der Waals surface area (Å²) in [6, 6.07) is 0. The van der Waals surface area contributed by atoms with Crippen LogP contribution in [0.3, 0.4) is 0 Å². The third-order valence-electron chi connectivity index (χ3n) is 1.27. The molecule has 0 spiro atoms. The van der Waals surface area contributed by atoms with Gasteiger partial charge in [0.2, 0.25) is 0 Å². The van der Waals surface area contributed by atoms with Gasteiger partial charge in [0.15, 0.2) is 0 Å². The summed E-state index contributed by atoms with van der Waals surface area (Å²) in [5.41, 5.74) is 0. The lowest BCUT2D eigenvalue weighted by molar-refractivity contribution is -0.119. The minimum Gasteiger partial charge on any atom is -0.300 e. The Morgan fingerprint density at radius 1 is 1.70 bits per heavy atom. The van der Waals surface area contributed by atoms with Gasteiger partial charge in [-0.2, -0.15) is 0 Å². The molecule has 0 aromatic heterocycles. The topological polar surface area (TPSA) is 17.1 Å². The van der Waals surface area contributed by atoms with Gasteiger partial charge in [-0.1, -0.05) is 6.92 Å². The zero-order chi connectivity index (χ0) is 7.98. The second-order valence-electron chi connectivity index (χ2n) is 2.19. The van der Waals surface area contributed by atoms with Crippen molar-refractivity contribution in [2.45, 2.75) is 32.4 Å². The van der Waals surface area contributed by atoms with Gasteiger partial charge in [0.1, 0.15) is 12.0 Å². The monoisotopic (exact) mass is 166 g/mol. The van der Waals surface area contributed by atoms with E-state index < -0.39 is 6.17 Å². The average molecular weight is 167 g/mol. The maximum absolute atomic E-state index is 12.4. The van der Waals surface area contributed by atoms with E-state index in [1.54, 1.807) is 6.92 Å². The maximum atomic E-state index is 12.4. The SMILES string of the molecule is CCC(F)CC(=O)CCCl. The fraction of sp³-hybridized carbons (Fsp3) is 0.857. The number of carbonyl (C=O) groups excluding carboxylic acids is 1. The molecule has 3 heteroatoms. The molecular weight excluding hydrogens is 155 g/mol. The van der Waals surface area contributed by atoms with Crippen molar-refractivity contribution in [3.63, 3.8) is 0 Å². The van der Waals surface area contributed by atoms with Crippen molar-refractivity contribution < 1.29 is 9.18 Å². The number of hydrogen-bond donors (Lipinski definition) is 0. The van der Waals surface area contributed by atoms with Crippen LogP contribution >= 0.6 is 11.6 Å². The highest BCUT2D eigenvalue weighted by molar-refractivity contribution is 6.19. The highest BCUT2D eigenvalue weighted by atomic mass is 35.5. The summed E-state index contributed by atoms with van der Waals surface area (Å²) in [6.45, 7) is 1.72. The Balaban J connectivity index is 3.37. The van der Waals surface area contributed by atoms with E-state index in [-0.39, 0.29) is 12.2 Å². The molecule has 0 aromatic carbocycles. The van der Waals surface area contributed by atoms with Crippen molar-refractivity contribution in [2.75, 3.05) is 5.88 Å². The van der Waals surface area contributed by atoms with Gasteiger partial charge in [-0.25, -0.2) is 4.39 Å². The van der Waals surface area contributed by atoms with Gasteiger partial charge in [0.05, 0.1) is 0 Å². The van der Waals surface area contributed by atoms with Crippen molar-refractivity contribution in [1.82, 2.24) is 0 Å². The normalized spacial score (nSPS) is 13.1. The van der Waals surface area contributed by atoms with Crippen molar-refractivity contribution >= 4 is 17.4 Å². The Morgan fingerprint density at radius 3 is 2.70 bits per heavy atom. The second kappa shape index (κ2) is 5.66. The molecular formula is C7H12ClFO. The fourth-order valence-corrected chi connectivity index (χ4v) is 0.810. The molecule has 0 aliphatic carbocycles. The minimum atomic E-state index is -0.976. The first-order chi connectivity index (χ1) is 4.70. The van der Waals surface area contributed by atoms with Crippen LogP contribution in [0.1, 0.15) is 26.2 Å². The molecule has 0 bridgehead atoms. The van der Waals surface area contributed by atoms with E-state index in [0.717, 1.165) is 0 Å². The van der Waals surface area contributed by atoms with E-state index in [4.69, 9.17) is 11.6 Å². The molecule has 0 saturated carbocycles. The summed E-state index contributed by atoms with van der Waals surface area (Å²) in [6.07, 6.45) is -0.241. The summed E-state index contributed by atoms with van der Waals surface area (Å²) in [5, 5.41) is 0. The molecule has 1 nitrogen and oxygen atoms in total. The largest absolute Gasteiger partial charge is 0.300 e. The van der Waals surface area contributed by atoms with Crippen molar-refractivity contribution in [1.29, 1.82) is 0 Å². The van der Waals surface area contributed by atoms with Crippen LogP contribution < -0.4 is 0 Å². The molecule has 0 rings (SSSR count). The predicted molar refractivity (Wildman–Crippen MR) is 40.1 cm³/mol. The van der Waals surface area contributed by atoms with Gasteiger partial charge in [-0.3, -0.25) is 4.79 Å². The summed E-state index contributed by atoms with van der Waals surface area (Å²) < 4.78 is 12.4. The lowest BCUT2D eigenvalue weighted by Gasteiger charge is -2.01. The third kappa shape index (κ3) is 4.74. The number of rotatable bonds is 5. The number of alkyl halides is 2. The molecule has 0 radical (unpaired) electrons. The lowest BCUT2D eigenvalue weighted by Crippen LogP contribution is -2.08. The van der Waals surface area contributed by atoms with Gasteiger partial charge in [-0.15, -0.1) is 11.6 Å². The number of halogens is 2. The van der Waals surface area contributed by atoms with Gasteiger partial charge < -0.3 is 0 Å². The molecule has 0 fully saturated rings. The number of ketones is 1. The minimum absolute atomic E-state index is 0.0310. The Labute approximate surface area is 65.6 Å². The van der Waals surface area contributed by atoms with E-state index in [1.807, 2.05) is 0 Å². The van der Waals surface area contributed by atoms with Crippen LogP contribution in [0.25, 0.3) is 0 Å². The Hall–Kier alpha value is -0.110. The third-order valence-corrected chi connectivity index (χ3v) is 1.45.